The van der Waals surface area contributed by atoms with Gasteiger partial charge in [-0.3, -0.25) is 9.88 Å². The average molecular weight is 540 g/mol. The van der Waals surface area contributed by atoms with Crippen LogP contribution in [0.4, 0.5) is 0 Å². The van der Waals surface area contributed by atoms with Crippen LogP contribution in [0.25, 0.3) is 22.2 Å². The van der Waals surface area contributed by atoms with Crippen LogP contribution in [0, 0.1) is 0 Å². The van der Waals surface area contributed by atoms with Crippen LogP contribution < -0.4 is 9.47 Å². The maximum atomic E-state index is 6.70. The zero-order valence-corrected chi connectivity index (χ0v) is 21.4. The normalized spacial score (nSPS) is 15.3. The maximum absolute atomic E-state index is 6.70. The predicted octanol–water partition coefficient (Wildman–Crippen LogP) is 5.52. The summed E-state index contributed by atoms with van der Waals surface area (Å²) in [7, 11) is 3.13. The summed E-state index contributed by atoms with van der Waals surface area (Å²) in [4.78, 5) is 14.6. The predicted molar refractivity (Wildman–Crippen MR) is 133 cm³/mol. The second-order valence-electron chi connectivity index (χ2n) is 7.65. The van der Waals surface area contributed by atoms with Crippen molar-refractivity contribution in [1.29, 1.82) is 0 Å². The molecule has 6 nitrogen and oxygen atoms in total. The highest BCUT2D eigenvalue weighted by Gasteiger charge is 2.22. The Morgan fingerprint density at radius 2 is 1.59 bits per heavy atom. The minimum atomic E-state index is 0.407. The first kappa shape index (κ1) is 23.5. The van der Waals surface area contributed by atoms with Gasteiger partial charge in [-0.05, 0) is 28.5 Å². The second kappa shape index (κ2) is 10.1. The van der Waals surface area contributed by atoms with Crippen LogP contribution in [0.5, 0.6) is 11.5 Å². The Labute approximate surface area is 206 Å². The molecule has 1 aliphatic rings. The fourth-order valence-electron chi connectivity index (χ4n) is 4.00. The molecule has 32 heavy (non-hydrogen) atoms. The Morgan fingerprint density at radius 3 is 2.19 bits per heavy atom. The lowest BCUT2D eigenvalue weighted by Crippen LogP contribution is -2.45. The lowest BCUT2D eigenvalue weighted by atomic mass is 10.0. The molecule has 0 N–H and O–H groups in total. The van der Waals surface area contributed by atoms with Gasteiger partial charge in [0.2, 0.25) is 0 Å². The third kappa shape index (κ3) is 4.54. The van der Waals surface area contributed by atoms with Gasteiger partial charge in [0.1, 0.15) is 17.0 Å². The summed E-state index contributed by atoms with van der Waals surface area (Å²) >= 11 is 17.0. The summed E-state index contributed by atoms with van der Waals surface area (Å²) in [5, 5.41) is 0.814. The minimum Gasteiger partial charge on any atom is -0.495 e. The van der Waals surface area contributed by atoms with Crippen molar-refractivity contribution in [3.8, 4) is 22.6 Å². The zero-order valence-electron chi connectivity index (χ0n) is 18.3. The number of benzene rings is 2. The molecule has 1 aliphatic heterocycles. The largest absolute Gasteiger partial charge is 0.495 e. The molecule has 0 unspecified atom stereocenters. The number of piperazine rings is 1. The van der Waals surface area contributed by atoms with Crippen molar-refractivity contribution in [3.05, 3.63) is 44.6 Å². The number of halogens is 3. The first-order valence-corrected chi connectivity index (χ1v) is 12.0. The van der Waals surface area contributed by atoms with E-state index in [9.17, 15) is 0 Å². The van der Waals surface area contributed by atoms with Gasteiger partial charge in [-0.1, -0.05) is 36.2 Å². The standard InChI is InChI=1S/C23H25BrCl2N4O2/c1-4-29-7-9-30(10-8-29)13-14-12-27-23-16(24)6-5-15(22(23)28-14)19-20(25)17(31-2)11-18(32-3)21(19)26/h5-6,11-12H,4,7-10,13H2,1-3H3. The number of hydrogen-bond acceptors (Lipinski definition) is 6. The number of fused-ring (bicyclic) bond motifs is 1. The molecular formula is C23H25BrCl2N4O2. The van der Waals surface area contributed by atoms with Gasteiger partial charge in [0, 0.05) is 54.4 Å². The van der Waals surface area contributed by atoms with Crippen molar-refractivity contribution in [2.45, 2.75) is 13.5 Å². The Bertz CT molecular complexity index is 1110. The van der Waals surface area contributed by atoms with Crippen molar-refractivity contribution in [3.63, 3.8) is 0 Å². The molecule has 0 aliphatic carbocycles. The van der Waals surface area contributed by atoms with E-state index < -0.39 is 0 Å². The van der Waals surface area contributed by atoms with Gasteiger partial charge >= 0.3 is 0 Å². The number of rotatable bonds is 6. The van der Waals surface area contributed by atoms with E-state index in [-0.39, 0.29) is 0 Å². The molecule has 3 aromatic rings. The van der Waals surface area contributed by atoms with Gasteiger partial charge in [0.15, 0.2) is 0 Å². The van der Waals surface area contributed by atoms with E-state index in [4.69, 9.17) is 42.6 Å². The SMILES string of the molecule is CCN1CCN(Cc2cnc3c(Br)ccc(-c4c(Cl)c(OC)cc(OC)c4Cl)c3n2)CC1. The molecule has 170 valence electrons. The smallest absolute Gasteiger partial charge is 0.141 e. The summed E-state index contributed by atoms with van der Waals surface area (Å²) in [6, 6.07) is 5.55. The average Bonchev–Trinajstić information content (AvgIpc) is 2.81. The Kier molecular flexibility index (Phi) is 7.42. The molecule has 4 rings (SSSR count). The Morgan fingerprint density at radius 1 is 0.969 bits per heavy atom. The van der Waals surface area contributed by atoms with E-state index in [0.29, 0.717) is 27.1 Å². The van der Waals surface area contributed by atoms with Crippen LogP contribution in [0.3, 0.4) is 0 Å². The summed E-state index contributed by atoms with van der Waals surface area (Å²) in [6.07, 6.45) is 1.85. The Balaban J connectivity index is 1.80. The van der Waals surface area contributed by atoms with Gasteiger partial charge in [-0.15, -0.1) is 0 Å². The minimum absolute atomic E-state index is 0.407. The summed E-state index contributed by atoms with van der Waals surface area (Å²) < 4.78 is 11.8. The fraction of sp³-hybridized carbons (Fsp3) is 0.391. The number of methoxy groups -OCH3 is 2. The van der Waals surface area contributed by atoms with Crippen LogP contribution in [0.2, 0.25) is 10.0 Å². The first-order valence-electron chi connectivity index (χ1n) is 10.5. The van der Waals surface area contributed by atoms with Crippen molar-refractivity contribution >= 4 is 50.2 Å². The number of hydrogen-bond donors (Lipinski definition) is 0. The molecule has 0 amide bonds. The summed E-state index contributed by atoms with van der Waals surface area (Å²) in [5.41, 5.74) is 3.77. The highest BCUT2D eigenvalue weighted by molar-refractivity contribution is 9.10. The van der Waals surface area contributed by atoms with Crippen LogP contribution >= 0.6 is 39.1 Å². The van der Waals surface area contributed by atoms with E-state index in [1.165, 1.54) is 0 Å². The van der Waals surface area contributed by atoms with Crippen molar-refractivity contribution in [2.75, 3.05) is 46.9 Å². The van der Waals surface area contributed by atoms with Gasteiger partial charge in [-0.2, -0.15) is 0 Å². The van der Waals surface area contributed by atoms with Crippen molar-refractivity contribution in [2.24, 2.45) is 0 Å². The zero-order chi connectivity index (χ0) is 22.8. The molecule has 0 bridgehead atoms. The number of aromatic nitrogens is 2. The van der Waals surface area contributed by atoms with Gasteiger partial charge in [0.25, 0.3) is 0 Å². The molecule has 2 heterocycles. The van der Waals surface area contributed by atoms with Gasteiger partial charge in [0.05, 0.1) is 41.7 Å². The highest BCUT2D eigenvalue weighted by atomic mass is 79.9. The van der Waals surface area contributed by atoms with Gasteiger partial charge < -0.3 is 14.4 Å². The molecule has 2 aromatic carbocycles. The van der Waals surface area contributed by atoms with Crippen LogP contribution in [0.1, 0.15) is 12.6 Å². The van der Waals surface area contributed by atoms with E-state index in [1.807, 2.05) is 18.3 Å². The topological polar surface area (TPSA) is 50.7 Å². The van der Waals surface area contributed by atoms with Crippen molar-refractivity contribution < 1.29 is 9.47 Å². The third-order valence-electron chi connectivity index (χ3n) is 5.84. The molecular weight excluding hydrogens is 515 g/mol. The highest BCUT2D eigenvalue weighted by Crippen LogP contribution is 2.47. The van der Waals surface area contributed by atoms with E-state index >= 15 is 0 Å². The van der Waals surface area contributed by atoms with Crippen molar-refractivity contribution in [1.82, 2.24) is 19.8 Å². The molecule has 0 saturated carbocycles. The molecule has 9 heteroatoms. The molecule has 1 fully saturated rings. The quantitative estimate of drug-likeness (QED) is 0.411. The van der Waals surface area contributed by atoms with E-state index in [0.717, 1.165) is 66.0 Å². The van der Waals surface area contributed by atoms with Crippen LogP contribution in [0.15, 0.2) is 28.9 Å². The second-order valence-corrected chi connectivity index (χ2v) is 9.26. The lowest BCUT2D eigenvalue weighted by Gasteiger charge is -2.33. The number of nitrogens with zero attached hydrogens (tertiary/aromatic N) is 4. The fourth-order valence-corrected chi connectivity index (χ4v) is 5.12. The summed E-state index contributed by atoms with van der Waals surface area (Å²) in [5.74, 6) is 0.966. The Hall–Kier alpha value is -1.64. The van der Waals surface area contributed by atoms with Crippen LogP contribution in [-0.2, 0) is 6.54 Å². The summed E-state index contributed by atoms with van der Waals surface area (Å²) in [6.45, 7) is 8.22. The first-order chi connectivity index (χ1) is 15.5. The van der Waals surface area contributed by atoms with Gasteiger partial charge in [-0.25, -0.2) is 4.98 Å². The van der Waals surface area contributed by atoms with E-state index in [2.05, 4.69) is 32.7 Å². The molecule has 1 saturated heterocycles. The third-order valence-corrected chi connectivity index (χ3v) is 7.23. The van der Waals surface area contributed by atoms with E-state index in [1.54, 1.807) is 20.3 Å². The molecule has 0 atom stereocenters. The number of ether oxygens (including phenoxy) is 2. The van der Waals surface area contributed by atoms with Crippen LogP contribution in [-0.4, -0.2) is 66.7 Å². The maximum Gasteiger partial charge on any atom is 0.141 e. The molecule has 1 aromatic heterocycles. The molecule has 0 spiro atoms. The monoisotopic (exact) mass is 538 g/mol. The number of likely N-dealkylation sites (N-methyl/N-ethyl adjacent to an activating group) is 1. The molecule has 0 radical (unpaired) electrons. The lowest BCUT2D eigenvalue weighted by molar-refractivity contribution is 0.131.